The van der Waals surface area contributed by atoms with Gasteiger partial charge in [0.15, 0.2) is 0 Å². The molecule has 1 aliphatic heterocycles. The lowest BCUT2D eigenvalue weighted by atomic mass is 9.84. The van der Waals surface area contributed by atoms with E-state index in [1.54, 1.807) is 18.7 Å². The van der Waals surface area contributed by atoms with Crippen LogP contribution in [0.4, 0.5) is 0 Å². The van der Waals surface area contributed by atoms with Crippen LogP contribution in [0.3, 0.4) is 0 Å². The first-order valence-corrected chi connectivity index (χ1v) is 7.86. The summed E-state index contributed by atoms with van der Waals surface area (Å²) in [6.45, 7) is 7.42. The van der Waals surface area contributed by atoms with Crippen LogP contribution in [0.5, 0.6) is 0 Å². The van der Waals surface area contributed by atoms with E-state index in [0.29, 0.717) is 19.4 Å². The van der Waals surface area contributed by atoms with Crippen molar-refractivity contribution in [1.29, 1.82) is 5.26 Å². The van der Waals surface area contributed by atoms with E-state index in [-0.39, 0.29) is 12.3 Å². The summed E-state index contributed by atoms with van der Waals surface area (Å²) in [5.41, 5.74) is 3.83. The number of amides is 2. The van der Waals surface area contributed by atoms with E-state index in [1.807, 2.05) is 6.92 Å². The Morgan fingerprint density at radius 1 is 1.41 bits per heavy atom. The quantitative estimate of drug-likeness (QED) is 0.732. The zero-order valence-corrected chi connectivity index (χ0v) is 13.8. The normalized spacial score (nSPS) is 17.5. The fourth-order valence-electron chi connectivity index (χ4n) is 2.59. The van der Waals surface area contributed by atoms with Crippen molar-refractivity contribution in [1.82, 2.24) is 10.2 Å². The third kappa shape index (κ3) is 4.20. The third-order valence-electron chi connectivity index (χ3n) is 4.32. The Hall–Kier alpha value is -1.61. The van der Waals surface area contributed by atoms with Gasteiger partial charge in [0.05, 0.1) is 12.5 Å². The Morgan fingerprint density at radius 2 is 2.00 bits per heavy atom. The van der Waals surface area contributed by atoms with E-state index in [9.17, 15) is 14.9 Å². The smallest absolute Gasteiger partial charge is 0.227 e. The molecule has 3 N–H and O–H groups in total. The van der Waals surface area contributed by atoms with E-state index in [1.165, 1.54) is 6.42 Å². The average Bonchev–Trinajstić information content (AvgIpc) is 2.51. The number of nitriles is 1. The fourth-order valence-corrected chi connectivity index (χ4v) is 2.59. The molecule has 6 nitrogen and oxygen atoms in total. The minimum atomic E-state index is -0.762. The molecule has 0 unspecified atom stereocenters. The molecule has 22 heavy (non-hydrogen) atoms. The molecule has 0 aromatic carbocycles. The van der Waals surface area contributed by atoms with Gasteiger partial charge in [-0.3, -0.25) is 9.59 Å². The van der Waals surface area contributed by atoms with Crippen molar-refractivity contribution in [2.45, 2.75) is 52.0 Å². The van der Waals surface area contributed by atoms with Crippen LogP contribution >= 0.6 is 0 Å². The topological polar surface area (TPSA) is 99.2 Å². The largest absolute Gasteiger partial charge is 0.369 e. The fraction of sp³-hybridized carbons (Fsp3) is 0.750. The molecule has 0 atom stereocenters. The summed E-state index contributed by atoms with van der Waals surface area (Å²) < 4.78 is 0. The van der Waals surface area contributed by atoms with Crippen LogP contribution in [0.1, 0.15) is 46.5 Å². The summed E-state index contributed by atoms with van der Waals surface area (Å²) in [5.74, 6) is -0.616. The van der Waals surface area contributed by atoms with Crippen molar-refractivity contribution in [3.8, 4) is 6.07 Å². The lowest BCUT2D eigenvalue weighted by molar-refractivity contribution is -0.133. The number of primary amides is 1. The number of nitrogens with two attached hydrogens (primary N) is 1. The summed E-state index contributed by atoms with van der Waals surface area (Å²) in [7, 11) is 0. The zero-order chi connectivity index (χ0) is 16.8. The number of piperidine rings is 1. The highest BCUT2D eigenvalue weighted by atomic mass is 16.2. The molecule has 2 amide bonds. The second-order valence-corrected chi connectivity index (χ2v) is 6.54. The van der Waals surface area contributed by atoms with Gasteiger partial charge in [-0.25, -0.2) is 0 Å². The van der Waals surface area contributed by atoms with Gasteiger partial charge in [-0.1, -0.05) is 20.8 Å². The Bertz CT molecular complexity index is 448. The van der Waals surface area contributed by atoms with E-state index in [4.69, 9.17) is 5.73 Å². The van der Waals surface area contributed by atoms with Crippen LogP contribution in [0, 0.1) is 23.2 Å². The summed E-state index contributed by atoms with van der Waals surface area (Å²) in [4.78, 5) is 25.7. The van der Waals surface area contributed by atoms with Gasteiger partial charge in [0, 0.05) is 12.0 Å². The Labute approximate surface area is 133 Å². The molecule has 0 bridgehead atoms. The Morgan fingerprint density at radius 3 is 2.45 bits per heavy atom. The summed E-state index contributed by atoms with van der Waals surface area (Å²) in [6, 6.07) is 2.36. The van der Waals surface area contributed by atoms with Gasteiger partial charge >= 0.3 is 0 Å². The standard InChI is InChI=1S/C16H27N4O2/c1-4-11-20(16(12-17)7-9-19-10-8-16)13(21)5-6-15(2,3)14(18)22/h5,19H,4,6-11H2,1-3H3,(H2,18,22). The van der Waals surface area contributed by atoms with Crippen molar-refractivity contribution in [3.05, 3.63) is 6.42 Å². The molecule has 0 spiro atoms. The summed E-state index contributed by atoms with van der Waals surface area (Å²) >= 11 is 0. The van der Waals surface area contributed by atoms with Crippen LogP contribution in [-0.4, -0.2) is 41.9 Å². The van der Waals surface area contributed by atoms with Gasteiger partial charge in [-0.2, -0.15) is 5.26 Å². The molecular formula is C16H27N4O2. The molecule has 0 aliphatic carbocycles. The van der Waals surface area contributed by atoms with Gasteiger partial charge < -0.3 is 16.0 Å². The Balaban J connectivity index is 2.83. The molecule has 0 saturated carbocycles. The number of rotatable bonds is 7. The van der Waals surface area contributed by atoms with Gasteiger partial charge in [0.25, 0.3) is 0 Å². The maximum absolute atomic E-state index is 12.6. The minimum absolute atomic E-state index is 0.181. The monoisotopic (exact) mass is 307 g/mol. The molecule has 1 heterocycles. The molecule has 1 radical (unpaired) electrons. The van der Waals surface area contributed by atoms with Crippen molar-refractivity contribution < 1.29 is 9.59 Å². The van der Waals surface area contributed by atoms with Crippen molar-refractivity contribution >= 4 is 11.8 Å². The number of carbonyl (C=O) groups is 2. The number of hydrogen-bond acceptors (Lipinski definition) is 4. The van der Waals surface area contributed by atoms with Crippen molar-refractivity contribution in [2.75, 3.05) is 19.6 Å². The molecule has 1 rings (SSSR count). The molecule has 123 valence electrons. The predicted molar refractivity (Wildman–Crippen MR) is 84.3 cm³/mol. The van der Waals surface area contributed by atoms with Crippen LogP contribution in [0.25, 0.3) is 0 Å². The van der Waals surface area contributed by atoms with E-state index >= 15 is 0 Å². The van der Waals surface area contributed by atoms with Gasteiger partial charge in [0.1, 0.15) is 5.54 Å². The van der Waals surface area contributed by atoms with Crippen LogP contribution < -0.4 is 11.1 Å². The highest BCUT2D eigenvalue weighted by Crippen LogP contribution is 2.28. The molecule has 1 saturated heterocycles. The molecule has 6 heteroatoms. The maximum atomic E-state index is 12.6. The van der Waals surface area contributed by atoms with Crippen molar-refractivity contribution in [3.63, 3.8) is 0 Å². The highest BCUT2D eigenvalue weighted by molar-refractivity contribution is 5.88. The number of carbonyl (C=O) groups excluding carboxylic acids is 2. The highest BCUT2D eigenvalue weighted by Gasteiger charge is 2.41. The first kappa shape index (κ1) is 18.4. The summed E-state index contributed by atoms with van der Waals surface area (Å²) in [6.07, 6.45) is 3.82. The molecule has 1 fully saturated rings. The lowest BCUT2D eigenvalue weighted by Crippen LogP contribution is -2.56. The number of nitrogens with zero attached hydrogens (tertiary/aromatic N) is 2. The lowest BCUT2D eigenvalue weighted by Gasteiger charge is -2.41. The van der Waals surface area contributed by atoms with E-state index in [2.05, 4.69) is 11.4 Å². The van der Waals surface area contributed by atoms with Crippen LogP contribution in [0.2, 0.25) is 0 Å². The van der Waals surface area contributed by atoms with E-state index < -0.39 is 16.9 Å². The maximum Gasteiger partial charge on any atom is 0.227 e. The molecule has 1 aliphatic rings. The van der Waals surface area contributed by atoms with Gasteiger partial charge in [-0.15, -0.1) is 0 Å². The predicted octanol–water partition coefficient (Wildman–Crippen LogP) is 0.977. The van der Waals surface area contributed by atoms with Crippen LogP contribution in [-0.2, 0) is 9.59 Å². The first-order chi connectivity index (χ1) is 10.3. The van der Waals surface area contributed by atoms with Gasteiger partial charge in [-0.05, 0) is 38.8 Å². The molecule has 0 aromatic heterocycles. The average molecular weight is 307 g/mol. The van der Waals surface area contributed by atoms with E-state index in [0.717, 1.165) is 19.5 Å². The van der Waals surface area contributed by atoms with Crippen molar-refractivity contribution in [2.24, 2.45) is 11.1 Å². The number of hydrogen-bond donors (Lipinski definition) is 2. The molecule has 0 aromatic rings. The third-order valence-corrected chi connectivity index (χ3v) is 4.32. The first-order valence-electron chi connectivity index (χ1n) is 7.86. The van der Waals surface area contributed by atoms with Gasteiger partial charge in [0.2, 0.25) is 11.8 Å². The van der Waals surface area contributed by atoms with Crippen LogP contribution in [0.15, 0.2) is 0 Å². The number of nitrogens with one attached hydrogen (secondary N) is 1. The SMILES string of the molecule is CCCN(C(=O)[CH]CC(C)(C)C(N)=O)C1(C#N)CCNCC1. The zero-order valence-electron chi connectivity index (χ0n) is 13.8. The second kappa shape index (κ2) is 7.59. The summed E-state index contributed by atoms with van der Waals surface area (Å²) in [5, 5.41) is 12.9. The second-order valence-electron chi connectivity index (χ2n) is 6.54. The molecular weight excluding hydrogens is 280 g/mol. The Kier molecular flexibility index (Phi) is 6.36. The minimum Gasteiger partial charge on any atom is -0.369 e.